The van der Waals surface area contributed by atoms with Crippen LogP contribution in [-0.4, -0.2) is 19.2 Å². The minimum Gasteiger partial charge on any atom is -0.387 e. The van der Waals surface area contributed by atoms with Crippen LogP contribution in [0.4, 0.5) is 10.1 Å². The number of hydrogen-bond acceptors (Lipinski definition) is 4. The van der Waals surface area contributed by atoms with E-state index in [4.69, 9.17) is 0 Å². The molecule has 0 spiro atoms. The Kier molecular flexibility index (Phi) is 6.45. The largest absolute Gasteiger partial charge is 0.387 e. The van der Waals surface area contributed by atoms with Crippen LogP contribution in [0.5, 0.6) is 0 Å². The van der Waals surface area contributed by atoms with Crippen molar-refractivity contribution in [2.45, 2.75) is 16.3 Å². The van der Waals surface area contributed by atoms with Gasteiger partial charge in [-0.05, 0) is 42.0 Å². The lowest BCUT2D eigenvalue weighted by atomic mass is 10.1. The lowest BCUT2D eigenvalue weighted by Crippen LogP contribution is -2.22. The molecule has 142 valence electrons. The first-order valence-corrected chi connectivity index (χ1v) is 9.49. The van der Waals surface area contributed by atoms with Crippen LogP contribution in [-0.2, 0) is 6.54 Å². The second kappa shape index (κ2) is 9.19. The number of nitrogens with one attached hydrogen (secondary N) is 2. The van der Waals surface area contributed by atoms with Gasteiger partial charge in [-0.1, -0.05) is 42.1 Å². The third-order valence-electron chi connectivity index (χ3n) is 4.12. The van der Waals surface area contributed by atoms with E-state index in [0.29, 0.717) is 16.7 Å². The fourth-order valence-corrected chi connectivity index (χ4v) is 3.70. The lowest BCUT2D eigenvalue weighted by molar-refractivity contribution is 0.0950. The van der Waals surface area contributed by atoms with Gasteiger partial charge in [0, 0.05) is 40.2 Å². The molecule has 3 aromatic carbocycles. The van der Waals surface area contributed by atoms with Crippen molar-refractivity contribution >= 4 is 29.6 Å². The van der Waals surface area contributed by atoms with E-state index in [9.17, 15) is 14.0 Å². The number of carbonyl (C=O) groups is 2. The van der Waals surface area contributed by atoms with Gasteiger partial charge in [0.25, 0.3) is 5.91 Å². The summed E-state index contributed by atoms with van der Waals surface area (Å²) in [6.45, 7) is 0.245. The third-order valence-corrected chi connectivity index (χ3v) is 5.29. The van der Waals surface area contributed by atoms with Gasteiger partial charge in [0.05, 0.1) is 0 Å². The van der Waals surface area contributed by atoms with Crippen molar-refractivity contribution in [2.24, 2.45) is 0 Å². The fourth-order valence-electron chi connectivity index (χ4n) is 2.68. The monoisotopic (exact) mass is 394 g/mol. The van der Waals surface area contributed by atoms with Crippen molar-refractivity contribution in [2.75, 3.05) is 12.4 Å². The first-order chi connectivity index (χ1) is 13.6. The minimum absolute atomic E-state index is 0.245. The second-order valence-corrected chi connectivity index (χ2v) is 7.12. The molecule has 0 saturated heterocycles. The molecular weight excluding hydrogens is 375 g/mol. The standard InChI is InChI=1S/C22H19FN2O2S/c1-24-19-12-16(22(27)25-13-15-5-4-7-18(23)11-15)9-10-21(19)28-20-8-3-2-6-17(20)14-26/h2-12,14,24H,13H2,1H3,(H,25,27). The zero-order valence-electron chi connectivity index (χ0n) is 15.2. The van der Waals surface area contributed by atoms with Gasteiger partial charge in [0.15, 0.2) is 6.29 Å². The van der Waals surface area contributed by atoms with Crippen LogP contribution in [0.2, 0.25) is 0 Å². The highest BCUT2D eigenvalue weighted by Gasteiger charge is 2.12. The highest BCUT2D eigenvalue weighted by atomic mass is 32.2. The Hall–Kier alpha value is -3.12. The topological polar surface area (TPSA) is 58.2 Å². The van der Waals surface area contributed by atoms with Crippen molar-refractivity contribution in [3.8, 4) is 0 Å². The molecule has 0 aromatic heterocycles. The maximum atomic E-state index is 13.2. The van der Waals surface area contributed by atoms with E-state index in [-0.39, 0.29) is 18.3 Å². The van der Waals surface area contributed by atoms with Crippen molar-refractivity contribution in [1.82, 2.24) is 5.32 Å². The van der Waals surface area contributed by atoms with Gasteiger partial charge in [-0.15, -0.1) is 0 Å². The van der Waals surface area contributed by atoms with Crippen molar-refractivity contribution < 1.29 is 14.0 Å². The van der Waals surface area contributed by atoms with E-state index in [0.717, 1.165) is 21.8 Å². The smallest absolute Gasteiger partial charge is 0.251 e. The summed E-state index contributed by atoms with van der Waals surface area (Å²) >= 11 is 1.46. The van der Waals surface area contributed by atoms with Gasteiger partial charge in [0.2, 0.25) is 0 Å². The van der Waals surface area contributed by atoms with Crippen LogP contribution < -0.4 is 10.6 Å². The van der Waals surface area contributed by atoms with Crippen LogP contribution in [0.15, 0.2) is 76.5 Å². The first-order valence-electron chi connectivity index (χ1n) is 8.67. The summed E-state index contributed by atoms with van der Waals surface area (Å²) in [7, 11) is 1.78. The minimum atomic E-state index is -0.332. The molecule has 0 bridgehead atoms. The first kappa shape index (κ1) is 19.6. The highest BCUT2D eigenvalue weighted by molar-refractivity contribution is 7.99. The number of anilines is 1. The molecule has 6 heteroatoms. The summed E-state index contributed by atoms with van der Waals surface area (Å²) < 4.78 is 13.2. The van der Waals surface area contributed by atoms with Crippen LogP contribution in [0.1, 0.15) is 26.3 Å². The molecule has 0 atom stereocenters. The third kappa shape index (κ3) is 4.78. The molecular formula is C22H19FN2O2S. The predicted molar refractivity (Wildman–Crippen MR) is 110 cm³/mol. The number of aldehydes is 1. The lowest BCUT2D eigenvalue weighted by Gasteiger charge is -2.12. The summed E-state index contributed by atoms with van der Waals surface area (Å²) in [5.41, 5.74) is 2.59. The molecule has 0 radical (unpaired) electrons. The van der Waals surface area contributed by atoms with Gasteiger partial charge in [0.1, 0.15) is 5.82 Å². The zero-order chi connectivity index (χ0) is 19.9. The van der Waals surface area contributed by atoms with Crippen molar-refractivity contribution in [1.29, 1.82) is 0 Å². The quantitative estimate of drug-likeness (QED) is 0.567. The Labute approximate surface area is 167 Å². The van der Waals surface area contributed by atoms with Gasteiger partial charge < -0.3 is 10.6 Å². The summed E-state index contributed by atoms with van der Waals surface area (Å²) in [5, 5.41) is 5.89. The highest BCUT2D eigenvalue weighted by Crippen LogP contribution is 2.35. The van der Waals surface area contributed by atoms with E-state index in [1.54, 1.807) is 37.4 Å². The predicted octanol–water partition coefficient (Wildman–Crippen LogP) is 4.76. The number of hydrogen-bond donors (Lipinski definition) is 2. The molecule has 3 rings (SSSR count). The van der Waals surface area contributed by atoms with Crippen LogP contribution in [0, 0.1) is 5.82 Å². The molecule has 4 nitrogen and oxygen atoms in total. The molecule has 0 saturated carbocycles. The number of halogens is 1. The maximum Gasteiger partial charge on any atom is 0.251 e. The Bertz CT molecular complexity index is 1010. The molecule has 0 heterocycles. The summed E-state index contributed by atoms with van der Waals surface area (Å²) in [6, 6.07) is 18.8. The van der Waals surface area contributed by atoms with Crippen LogP contribution >= 0.6 is 11.8 Å². The maximum absolute atomic E-state index is 13.2. The van der Waals surface area contributed by atoms with Gasteiger partial charge in [-0.3, -0.25) is 9.59 Å². The van der Waals surface area contributed by atoms with E-state index in [1.807, 2.05) is 24.3 Å². The molecule has 0 aliphatic rings. The summed E-state index contributed by atoms with van der Waals surface area (Å²) in [6.07, 6.45) is 0.829. The Morgan fingerprint density at radius 3 is 2.61 bits per heavy atom. The number of carbonyl (C=O) groups excluding carboxylic acids is 2. The molecule has 2 N–H and O–H groups in total. The molecule has 0 fully saturated rings. The van der Waals surface area contributed by atoms with Gasteiger partial charge in [-0.25, -0.2) is 4.39 Å². The molecule has 0 aliphatic carbocycles. The Morgan fingerprint density at radius 1 is 1.04 bits per heavy atom. The molecule has 28 heavy (non-hydrogen) atoms. The number of amides is 1. The normalized spacial score (nSPS) is 10.4. The van der Waals surface area contributed by atoms with E-state index in [1.165, 1.54) is 23.9 Å². The van der Waals surface area contributed by atoms with E-state index < -0.39 is 0 Å². The van der Waals surface area contributed by atoms with Crippen LogP contribution in [0.25, 0.3) is 0 Å². The molecule has 0 unspecified atom stereocenters. The average Bonchev–Trinajstić information content (AvgIpc) is 2.72. The molecule has 0 aliphatic heterocycles. The van der Waals surface area contributed by atoms with E-state index in [2.05, 4.69) is 10.6 Å². The Morgan fingerprint density at radius 2 is 1.86 bits per heavy atom. The SMILES string of the molecule is CNc1cc(C(=O)NCc2cccc(F)c2)ccc1Sc1ccccc1C=O. The number of benzene rings is 3. The fraction of sp³-hybridized carbons (Fsp3) is 0.0909. The number of rotatable bonds is 7. The average molecular weight is 394 g/mol. The van der Waals surface area contributed by atoms with E-state index >= 15 is 0 Å². The second-order valence-electron chi connectivity index (χ2n) is 6.03. The molecule has 1 amide bonds. The van der Waals surface area contributed by atoms with Crippen molar-refractivity contribution in [3.05, 3.63) is 89.2 Å². The van der Waals surface area contributed by atoms with Gasteiger partial charge in [-0.2, -0.15) is 0 Å². The summed E-state index contributed by atoms with van der Waals surface area (Å²) in [5.74, 6) is -0.577. The summed E-state index contributed by atoms with van der Waals surface area (Å²) in [4.78, 5) is 25.4. The van der Waals surface area contributed by atoms with Crippen LogP contribution in [0.3, 0.4) is 0 Å². The zero-order valence-corrected chi connectivity index (χ0v) is 16.1. The Balaban J connectivity index is 1.75. The van der Waals surface area contributed by atoms with Crippen molar-refractivity contribution in [3.63, 3.8) is 0 Å². The van der Waals surface area contributed by atoms with Gasteiger partial charge >= 0.3 is 0 Å². The molecule has 3 aromatic rings.